The number of hydrogen-bond acceptors (Lipinski definition) is 3. The predicted molar refractivity (Wildman–Crippen MR) is 85.0 cm³/mol. The van der Waals surface area contributed by atoms with E-state index >= 15 is 0 Å². The molecule has 1 aliphatic heterocycles. The number of rotatable bonds is 6. The van der Waals surface area contributed by atoms with Gasteiger partial charge in [0, 0.05) is 26.7 Å². The van der Waals surface area contributed by atoms with Gasteiger partial charge in [-0.05, 0) is 30.4 Å². The normalized spacial score (nSPS) is 23.4. The molecule has 1 heterocycles. The van der Waals surface area contributed by atoms with Crippen LogP contribution in [0.1, 0.15) is 25.3 Å². The molecule has 1 unspecified atom stereocenters. The maximum atomic E-state index is 12.3. The van der Waals surface area contributed by atoms with Crippen LogP contribution in [-0.4, -0.2) is 39.4 Å². The molecule has 2 rings (SSSR count). The number of piperidine rings is 1. The SMILES string of the molecule is CN(Cc1ccccc1)S(=O)(=O)NCC1(C)CCCNC1. The van der Waals surface area contributed by atoms with Gasteiger partial charge in [0.1, 0.15) is 0 Å². The van der Waals surface area contributed by atoms with Crippen molar-refractivity contribution in [3.63, 3.8) is 0 Å². The van der Waals surface area contributed by atoms with Crippen LogP contribution in [0.5, 0.6) is 0 Å². The second-order valence-corrected chi connectivity index (χ2v) is 8.02. The first kappa shape index (κ1) is 16.4. The Kier molecular flexibility index (Phi) is 5.37. The Hall–Kier alpha value is -0.950. The zero-order valence-corrected chi connectivity index (χ0v) is 13.6. The lowest BCUT2D eigenvalue weighted by molar-refractivity contribution is 0.237. The first-order chi connectivity index (χ1) is 9.91. The van der Waals surface area contributed by atoms with E-state index in [1.54, 1.807) is 7.05 Å². The summed E-state index contributed by atoms with van der Waals surface area (Å²) in [6, 6.07) is 9.61. The van der Waals surface area contributed by atoms with Gasteiger partial charge >= 0.3 is 0 Å². The lowest BCUT2D eigenvalue weighted by atomic mass is 9.83. The molecule has 0 amide bonds. The van der Waals surface area contributed by atoms with Crippen molar-refractivity contribution in [2.45, 2.75) is 26.3 Å². The molecule has 118 valence electrons. The smallest absolute Gasteiger partial charge is 0.279 e. The lowest BCUT2D eigenvalue weighted by Gasteiger charge is -2.34. The minimum absolute atomic E-state index is 0.00108. The van der Waals surface area contributed by atoms with Crippen molar-refractivity contribution in [2.75, 3.05) is 26.7 Å². The highest BCUT2D eigenvalue weighted by Gasteiger charge is 2.29. The average Bonchev–Trinajstić information content (AvgIpc) is 2.47. The quantitative estimate of drug-likeness (QED) is 0.833. The number of nitrogens with one attached hydrogen (secondary N) is 2. The van der Waals surface area contributed by atoms with Crippen LogP contribution >= 0.6 is 0 Å². The minimum Gasteiger partial charge on any atom is -0.316 e. The largest absolute Gasteiger partial charge is 0.316 e. The van der Waals surface area contributed by atoms with Crippen LogP contribution in [0.2, 0.25) is 0 Å². The number of hydrogen-bond donors (Lipinski definition) is 2. The number of benzene rings is 1. The van der Waals surface area contributed by atoms with Crippen LogP contribution in [0.3, 0.4) is 0 Å². The van der Waals surface area contributed by atoms with Crippen molar-refractivity contribution in [1.82, 2.24) is 14.3 Å². The predicted octanol–water partition coefficient (Wildman–Crippen LogP) is 1.34. The number of nitrogens with zero attached hydrogens (tertiary/aromatic N) is 1. The Labute approximate surface area is 127 Å². The van der Waals surface area contributed by atoms with E-state index in [1.165, 1.54) is 4.31 Å². The molecule has 0 saturated carbocycles. The van der Waals surface area contributed by atoms with Crippen molar-refractivity contribution in [1.29, 1.82) is 0 Å². The molecular weight excluding hydrogens is 286 g/mol. The zero-order valence-electron chi connectivity index (χ0n) is 12.8. The Balaban J connectivity index is 1.91. The van der Waals surface area contributed by atoms with Gasteiger partial charge in [-0.25, -0.2) is 4.72 Å². The van der Waals surface area contributed by atoms with Gasteiger partial charge in [-0.15, -0.1) is 0 Å². The van der Waals surface area contributed by atoms with Crippen LogP contribution in [-0.2, 0) is 16.8 Å². The van der Waals surface area contributed by atoms with Crippen molar-refractivity contribution < 1.29 is 8.42 Å². The molecule has 1 atom stereocenters. The third-order valence-electron chi connectivity index (χ3n) is 4.03. The third-order valence-corrected chi connectivity index (χ3v) is 5.48. The van der Waals surface area contributed by atoms with Gasteiger partial charge in [0.15, 0.2) is 0 Å². The zero-order chi connectivity index (χ0) is 15.3. The fourth-order valence-electron chi connectivity index (χ4n) is 2.57. The van der Waals surface area contributed by atoms with Crippen LogP contribution in [0, 0.1) is 5.41 Å². The van der Waals surface area contributed by atoms with Gasteiger partial charge in [0.25, 0.3) is 10.2 Å². The fraction of sp³-hybridized carbons (Fsp3) is 0.600. The molecule has 1 aromatic rings. The third kappa shape index (κ3) is 4.78. The Morgan fingerprint density at radius 1 is 1.33 bits per heavy atom. The van der Waals surface area contributed by atoms with Gasteiger partial charge in [0.05, 0.1) is 0 Å². The monoisotopic (exact) mass is 311 g/mol. The molecule has 21 heavy (non-hydrogen) atoms. The van der Waals surface area contributed by atoms with E-state index in [0.29, 0.717) is 13.1 Å². The molecule has 2 N–H and O–H groups in total. The molecule has 0 aromatic heterocycles. The second kappa shape index (κ2) is 6.87. The molecule has 6 heteroatoms. The highest BCUT2D eigenvalue weighted by atomic mass is 32.2. The van der Waals surface area contributed by atoms with Crippen molar-refractivity contribution in [3.05, 3.63) is 35.9 Å². The maximum absolute atomic E-state index is 12.3. The molecular formula is C15H25N3O2S. The van der Waals surface area contributed by atoms with Gasteiger partial charge in [0.2, 0.25) is 0 Å². The van der Waals surface area contributed by atoms with E-state index in [9.17, 15) is 8.42 Å². The summed E-state index contributed by atoms with van der Waals surface area (Å²) < 4.78 is 28.7. The molecule has 0 radical (unpaired) electrons. The van der Waals surface area contributed by atoms with E-state index in [-0.39, 0.29) is 5.41 Å². The highest BCUT2D eigenvalue weighted by Crippen LogP contribution is 2.24. The molecule has 5 nitrogen and oxygen atoms in total. The van der Waals surface area contributed by atoms with E-state index < -0.39 is 10.2 Å². The summed E-state index contributed by atoms with van der Waals surface area (Å²) in [5.74, 6) is 0. The first-order valence-corrected chi connectivity index (χ1v) is 8.81. The highest BCUT2D eigenvalue weighted by molar-refractivity contribution is 7.87. The van der Waals surface area contributed by atoms with E-state index in [1.807, 2.05) is 30.3 Å². The van der Waals surface area contributed by atoms with Crippen molar-refractivity contribution in [2.24, 2.45) is 5.41 Å². The molecule has 1 aliphatic rings. The molecule has 0 bridgehead atoms. The van der Waals surface area contributed by atoms with E-state index in [4.69, 9.17) is 0 Å². The van der Waals surface area contributed by atoms with Crippen LogP contribution in [0.4, 0.5) is 0 Å². The lowest BCUT2D eigenvalue weighted by Crippen LogP contribution is -2.48. The summed E-state index contributed by atoms with van der Waals surface area (Å²) in [6.45, 7) is 4.86. The van der Waals surface area contributed by atoms with E-state index in [2.05, 4.69) is 17.0 Å². The summed E-state index contributed by atoms with van der Waals surface area (Å²) in [5.41, 5.74) is 0.981. The standard InChI is InChI=1S/C15H25N3O2S/c1-15(9-6-10-16-12-15)13-17-21(19,20)18(2)11-14-7-4-3-5-8-14/h3-5,7-8,16-17H,6,9-13H2,1-2H3. The summed E-state index contributed by atoms with van der Waals surface area (Å²) in [5, 5.41) is 3.33. The van der Waals surface area contributed by atoms with Crippen LogP contribution < -0.4 is 10.0 Å². The topological polar surface area (TPSA) is 61.4 Å². The summed E-state index contributed by atoms with van der Waals surface area (Å²) >= 11 is 0. The van der Waals surface area contributed by atoms with Crippen LogP contribution in [0.25, 0.3) is 0 Å². The van der Waals surface area contributed by atoms with Crippen LogP contribution in [0.15, 0.2) is 30.3 Å². The van der Waals surface area contributed by atoms with Gasteiger partial charge < -0.3 is 5.32 Å². The Morgan fingerprint density at radius 2 is 2.05 bits per heavy atom. The molecule has 1 saturated heterocycles. The summed E-state index contributed by atoms with van der Waals surface area (Å²) in [4.78, 5) is 0. The fourth-order valence-corrected chi connectivity index (χ4v) is 3.64. The summed E-state index contributed by atoms with van der Waals surface area (Å²) in [6.07, 6.45) is 2.14. The molecule has 0 aliphatic carbocycles. The van der Waals surface area contributed by atoms with Gasteiger partial charge in [-0.3, -0.25) is 0 Å². The molecule has 0 spiro atoms. The first-order valence-electron chi connectivity index (χ1n) is 7.37. The van der Waals surface area contributed by atoms with Crippen molar-refractivity contribution >= 4 is 10.2 Å². The Bertz CT molecular complexity index is 539. The van der Waals surface area contributed by atoms with E-state index in [0.717, 1.165) is 31.5 Å². The minimum atomic E-state index is -3.44. The van der Waals surface area contributed by atoms with Gasteiger partial charge in [-0.1, -0.05) is 37.3 Å². The molecule has 1 aromatic carbocycles. The maximum Gasteiger partial charge on any atom is 0.279 e. The average molecular weight is 311 g/mol. The molecule has 1 fully saturated rings. The van der Waals surface area contributed by atoms with Gasteiger partial charge in [-0.2, -0.15) is 12.7 Å². The summed E-state index contributed by atoms with van der Waals surface area (Å²) in [7, 11) is -1.83. The second-order valence-electron chi connectivity index (χ2n) is 6.16. The van der Waals surface area contributed by atoms with Crippen molar-refractivity contribution in [3.8, 4) is 0 Å². The Morgan fingerprint density at radius 3 is 2.67 bits per heavy atom.